The van der Waals surface area contributed by atoms with E-state index in [9.17, 15) is 19.2 Å². The van der Waals surface area contributed by atoms with E-state index >= 15 is 0 Å². The molecule has 2 aromatic rings. The summed E-state index contributed by atoms with van der Waals surface area (Å²) >= 11 is 0. The number of nitrogens with one attached hydrogen (secondary N) is 1. The number of esters is 1. The number of alkyl carbamates (subject to hydrolysis) is 1. The van der Waals surface area contributed by atoms with Gasteiger partial charge in [0.1, 0.15) is 25.2 Å². The van der Waals surface area contributed by atoms with E-state index in [1.807, 2.05) is 48.5 Å². The normalized spacial score (nSPS) is 12.3. The highest BCUT2D eigenvalue weighted by atomic mass is 16.6. The van der Waals surface area contributed by atoms with Crippen LogP contribution in [0.5, 0.6) is 0 Å². The number of carboxylic acids is 1. The summed E-state index contributed by atoms with van der Waals surface area (Å²) in [5.74, 6) is -2.77. The predicted molar refractivity (Wildman–Crippen MR) is 128 cm³/mol. The van der Waals surface area contributed by atoms with Gasteiger partial charge < -0.3 is 24.8 Å². The number of amides is 2. The number of carbonyl (C=O) groups excluding carboxylic acids is 3. The molecule has 0 radical (unpaired) electrons. The van der Waals surface area contributed by atoms with Gasteiger partial charge in [-0.3, -0.25) is 14.4 Å². The highest BCUT2D eigenvalue weighted by Gasteiger charge is 2.29. The molecule has 2 N–H and O–H groups in total. The van der Waals surface area contributed by atoms with Crippen molar-refractivity contribution in [2.24, 2.45) is 0 Å². The Morgan fingerprint density at radius 2 is 1.54 bits per heavy atom. The summed E-state index contributed by atoms with van der Waals surface area (Å²) in [4.78, 5) is 48.8. The lowest BCUT2D eigenvalue weighted by molar-refractivity contribution is -0.159. The summed E-state index contributed by atoms with van der Waals surface area (Å²) in [5, 5.41) is 11.6. The van der Waals surface area contributed by atoms with Crippen molar-refractivity contribution in [3.8, 4) is 11.1 Å². The van der Waals surface area contributed by atoms with Gasteiger partial charge in [-0.1, -0.05) is 48.5 Å². The summed E-state index contributed by atoms with van der Waals surface area (Å²) in [6.07, 6.45) is -1.27. The van der Waals surface area contributed by atoms with Crippen LogP contribution in [0, 0.1) is 0 Å². The number of ether oxygens (including phenoxy) is 2. The molecule has 0 saturated heterocycles. The maximum atomic E-state index is 12.4. The Morgan fingerprint density at radius 1 is 0.971 bits per heavy atom. The Balaban J connectivity index is 1.51. The lowest BCUT2D eigenvalue weighted by Gasteiger charge is -2.23. The van der Waals surface area contributed by atoms with Gasteiger partial charge in [0.2, 0.25) is 5.91 Å². The van der Waals surface area contributed by atoms with E-state index in [1.54, 1.807) is 20.8 Å². The summed E-state index contributed by atoms with van der Waals surface area (Å²) < 4.78 is 10.6. The van der Waals surface area contributed by atoms with Crippen LogP contribution in [0.4, 0.5) is 4.79 Å². The zero-order valence-corrected chi connectivity index (χ0v) is 20.1. The van der Waals surface area contributed by atoms with Gasteiger partial charge >= 0.3 is 18.0 Å². The van der Waals surface area contributed by atoms with Gasteiger partial charge in [0.05, 0.1) is 0 Å². The number of rotatable bonds is 9. The van der Waals surface area contributed by atoms with Crippen LogP contribution in [-0.2, 0) is 23.9 Å². The standard InChI is InChI=1S/C26H30N2O7/c1-26(2,3)35-24(32)14-22(29)28(15-23(30)31)13-12-27-25(33)34-16-21-19-10-6-4-8-17(19)18-9-5-7-11-20(18)21/h4-11,21H,12-16H2,1-3H3,(H,27,33)(H,30,31). The zero-order valence-electron chi connectivity index (χ0n) is 20.1. The van der Waals surface area contributed by atoms with Crippen molar-refractivity contribution in [1.82, 2.24) is 10.2 Å². The van der Waals surface area contributed by atoms with Crippen molar-refractivity contribution in [2.45, 2.75) is 38.7 Å². The molecule has 2 amide bonds. The first-order valence-corrected chi connectivity index (χ1v) is 11.4. The van der Waals surface area contributed by atoms with Crippen LogP contribution in [-0.4, -0.2) is 65.8 Å². The van der Waals surface area contributed by atoms with E-state index in [0.717, 1.165) is 27.2 Å². The monoisotopic (exact) mass is 482 g/mol. The van der Waals surface area contributed by atoms with Gasteiger partial charge in [-0.05, 0) is 43.0 Å². The molecule has 0 fully saturated rings. The Kier molecular flexibility index (Phi) is 8.11. The number of hydrogen-bond donors (Lipinski definition) is 2. The van der Waals surface area contributed by atoms with Gasteiger partial charge in [-0.25, -0.2) is 4.79 Å². The summed E-state index contributed by atoms with van der Waals surface area (Å²) in [6.45, 7) is 4.40. The van der Waals surface area contributed by atoms with Crippen molar-refractivity contribution in [3.63, 3.8) is 0 Å². The molecule has 3 rings (SSSR count). The van der Waals surface area contributed by atoms with Gasteiger partial charge in [-0.2, -0.15) is 0 Å². The Bertz CT molecular complexity index is 1060. The van der Waals surface area contributed by atoms with E-state index in [0.29, 0.717) is 0 Å². The van der Waals surface area contributed by atoms with Crippen LogP contribution >= 0.6 is 0 Å². The second-order valence-electron chi connectivity index (χ2n) is 9.22. The first kappa shape index (κ1) is 25.7. The molecule has 0 saturated carbocycles. The molecular formula is C26H30N2O7. The van der Waals surface area contributed by atoms with E-state index in [4.69, 9.17) is 14.6 Å². The third kappa shape index (κ3) is 7.05. The van der Waals surface area contributed by atoms with Crippen LogP contribution in [0.1, 0.15) is 44.2 Å². The first-order valence-electron chi connectivity index (χ1n) is 11.4. The van der Waals surface area contributed by atoms with E-state index in [2.05, 4.69) is 5.32 Å². The first-order chi connectivity index (χ1) is 16.5. The van der Waals surface area contributed by atoms with Gasteiger partial charge in [-0.15, -0.1) is 0 Å². The lowest BCUT2D eigenvalue weighted by atomic mass is 9.98. The third-order valence-corrected chi connectivity index (χ3v) is 5.39. The van der Waals surface area contributed by atoms with E-state index in [1.165, 1.54) is 0 Å². The topological polar surface area (TPSA) is 122 Å². The number of fused-ring (bicyclic) bond motifs is 3. The molecule has 35 heavy (non-hydrogen) atoms. The fraction of sp³-hybridized carbons (Fsp3) is 0.385. The van der Waals surface area contributed by atoms with Crippen molar-refractivity contribution in [3.05, 3.63) is 59.7 Å². The lowest BCUT2D eigenvalue weighted by Crippen LogP contribution is -2.42. The van der Waals surface area contributed by atoms with Crippen molar-refractivity contribution >= 4 is 23.9 Å². The van der Waals surface area contributed by atoms with Crippen LogP contribution in [0.2, 0.25) is 0 Å². The van der Waals surface area contributed by atoms with Crippen LogP contribution in [0.15, 0.2) is 48.5 Å². The number of hydrogen-bond acceptors (Lipinski definition) is 6. The van der Waals surface area contributed by atoms with E-state index < -0.39 is 42.5 Å². The Labute approximate surface area is 204 Å². The second kappa shape index (κ2) is 11.0. The molecular weight excluding hydrogens is 452 g/mol. The number of benzene rings is 2. The highest BCUT2D eigenvalue weighted by Crippen LogP contribution is 2.44. The predicted octanol–water partition coefficient (Wildman–Crippen LogP) is 3.17. The molecule has 186 valence electrons. The molecule has 0 bridgehead atoms. The van der Waals surface area contributed by atoms with E-state index in [-0.39, 0.29) is 25.6 Å². The Hall–Kier alpha value is -3.88. The number of carbonyl (C=O) groups is 4. The van der Waals surface area contributed by atoms with Crippen molar-refractivity contribution in [1.29, 1.82) is 0 Å². The molecule has 0 spiro atoms. The molecule has 0 unspecified atom stereocenters. The zero-order chi connectivity index (χ0) is 25.6. The summed E-state index contributed by atoms with van der Waals surface area (Å²) in [7, 11) is 0. The molecule has 1 aliphatic rings. The Morgan fingerprint density at radius 3 is 2.09 bits per heavy atom. The number of carboxylic acid groups (broad SMARTS) is 1. The molecule has 0 aliphatic heterocycles. The minimum atomic E-state index is -1.23. The summed E-state index contributed by atoms with van der Waals surface area (Å²) in [6, 6.07) is 15.9. The maximum Gasteiger partial charge on any atom is 0.407 e. The third-order valence-electron chi connectivity index (χ3n) is 5.39. The summed E-state index contributed by atoms with van der Waals surface area (Å²) in [5.41, 5.74) is 3.64. The minimum absolute atomic E-state index is 0.0377. The van der Waals surface area contributed by atoms with Crippen LogP contribution in [0.3, 0.4) is 0 Å². The average molecular weight is 483 g/mol. The smallest absolute Gasteiger partial charge is 0.407 e. The molecule has 0 heterocycles. The highest BCUT2D eigenvalue weighted by molar-refractivity contribution is 5.95. The van der Waals surface area contributed by atoms with Crippen molar-refractivity contribution in [2.75, 3.05) is 26.2 Å². The van der Waals surface area contributed by atoms with Crippen LogP contribution < -0.4 is 5.32 Å². The maximum absolute atomic E-state index is 12.4. The molecule has 0 aromatic heterocycles. The molecule has 0 atom stereocenters. The quantitative estimate of drug-likeness (QED) is 0.416. The van der Waals surface area contributed by atoms with Crippen LogP contribution in [0.25, 0.3) is 11.1 Å². The minimum Gasteiger partial charge on any atom is -0.480 e. The molecule has 9 heteroatoms. The number of aliphatic carboxylic acids is 1. The number of nitrogens with zero attached hydrogens (tertiary/aromatic N) is 1. The molecule has 2 aromatic carbocycles. The van der Waals surface area contributed by atoms with Crippen molar-refractivity contribution < 1.29 is 33.8 Å². The van der Waals surface area contributed by atoms with Gasteiger partial charge in [0.25, 0.3) is 0 Å². The fourth-order valence-corrected chi connectivity index (χ4v) is 4.01. The molecule has 9 nitrogen and oxygen atoms in total. The van der Waals surface area contributed by atoms with Gasteiger partial charge in [0.15, 0.2) is 0 Å². The largest absolute Gasteiger partial charge is 0.480 e. The van der Waals surface area contributed by atoms with Gasteiger partial charge in [0, 0.05) is 19.0 Å². The molecule has 1 aliphatic carbocycles. The average Bonchev–Trinajstić information content (AvgIpc) is 3.09. The second-order valence-corrected chi connectivity index (χ2v) is 9.22. The fourth-order valence-electron chi connectivity index (χ4n) is 4.01. The SMILES string of the molecule is CC(C)(C)OC(=O)CC(=O)N(CCNC(=O)OCC1c2ccccc2-c2ccccc21)CC(=O)O.